The van der Waals surface area contributed by atoms with Crippen molar-refractivity contribution in [2.24, 2.45) is 0 Å². The highest BCUT2D eigenvalue weighted by Crippen LogP contribution is 2.19. The first-order valence-corrected chi connectivity index (χ1v) is 39.9. The molecule has 518 valence electrons. The minimum Gasteiger partial charge on any atom is -0.466 e. The van der Waals surface area contributed by atoms with E-state index in [0.29, 0.717) is 19.4 Å². The van der Waals surface area contributed by atoms with E-state index in [0.717, 1.165) is 51.4 Å². The Morgan fingerprint density at radius 1 is 0.318 bits per heavy atom. The van der Waals surface area contributed by atoms with E-state index in [1.165, 1.54) is 360 Å². The number of rotatable bonds is 75. The molecule has 2 unspecified atom stereocenters. The number of amides is 1. The molecule has 3 N–H and O–H groups in total. The Bertz CT molecular complexity index is 1470. The lowest BCUT2D eigenvalue weighted by molar-refractivity contribution is -0.143. The van der Waals surface area contributed by atoms with Crippen LogP contribution in [-0.4, -0.2) is 47.4 Å². The molecular formula is C82H155NO5. The van der Waals surface area contributed by atoms with Gasteiger partial charge in [-0.25, -0.2) is 0 Å². The Labute approximate surface area is 550 Å². The molecule has 2 atom stereocenters. The highest BCUT2D eigenvalue weighted by molar-refractivity contribution is 5.76. The zero-order valence-corrected chi connectivity index (χ0v) is 59.5. The van der Waals surface area contributed by atoms with Gasteiger partial charge in [0.2, 0.25) is 5.91 Å². The molecule has 0 aliphatic carbocycles. The average molecular weight is 1240 g/mol. The molecule has 6 heteroatoms. The smallest absolute Gasteiger partial charge is 0.305 e. The van der Waals surface area contributed by atoms with Crippen LogP contribution in [0.3, 0.4) is 0 Å². The fourth-order valence-corrected chi connectivity index (χ4v) is 12.5. The zero-order valence-electron chi connectivity index (χ0n) is 59.5. The van der Waals surface area contributed by atoms with Crippen LogP contribution < -0.4 is 5.32 Å². The van der Waals surface area contributed by atoms with Crippen molar-refractivity contribution in [1.29, 1.82) is 0 Å². The van der Waals surface area contributed by atoms with E-state index in [2.05, 4.69) is 55.6 Å². The first-order chi connectivity index (χ1) is 43.5. The maximum atomic E-state index is 12.5. The molecule has 0 aromatic carbocycles. The number of unbranched alkanes of at least 4 members (excludes halogenated alkanes) is 58. The number of allylic oxidation sites excluding steroid dienone is 7. The molecule has 0 rings (SSSR count). The van der Waals surface area contributed by atoms with Crippen LogP contribution in [-0.2, 0) is 14.3 Å². The van der Waals surface area contributed by atoms with Gasteiger partial charge in [0.1, 0.15) is 0 Å². The van der Waals surface area contributed by atoms with Crippen LogP contribution in [0.1, 0.15) is 438 Å². The van der Waals surface area contributed by atoms with E-state index in [9.17, 15) is 19.8 Å². The van der Waals surface area contributed by atoms with Crippen molar-refractivity contribution in [2.75, 3.05) is 13.2 Å². The van der Waals surface area contributed by atoms with Gasteiger partial charge in [-0.15, -0.1) is 0 Å². The van der Waals surface area contributed by atoms with E-state index in [1.54, 1.807) is 6.08 Å². The molecule has 0 aromatic rings. The summed E-state index contributed by atoms with van der Waals surface area (Å²) in [6, 6.07) is -0.627. The second kappa shape index (κ2) is 77.3. The number of esters is 1. The molecular weight excluding hydrogens is 1080 g/mol. The summed E-state index contributed by atoms with van der Waals surface area (Å²) in [5.74, 6) is -0.0539. The molecule has 0 aliphatic heterocycles. The third kappa shape index (κ3) is 72.9. The predicted molar refractivity (Wildman–Crippen MR) is 389 cm³/mol. The fraction of sp³-hybridized carbons (Fsp3) is 0.878. The SMILES string of the molecule is CCCCC/C=C\C/C=C\CCCCCCCC(=O)OCCCCCCCCCCCCCCCC/C=C\CCCCCCCCCCCCCCCCCCCC(=O)NC(CO)C(O)/C=C/CCCCCCCCCCCCCCCCCCCCC. The van der Waals surface area contributed by atoms with E-state index < -0.39 is 12.1 Å². The van der Waals surface area contributed by atoms with Crippen LogP contribution in [0.5, 0.6) is 0 Å². The van der Waals surface area contributed by atoms with Crippen LogP contribution >= 0.6 is 0 Å². The summed E-state index contributed by atoms with van der Waals surface area (Å²) in [4.78, 5) is 24.6. The number of ether oxygens (including phenoxy) is 1. The van der Waals surface area contributed by atoms with Gasteiger partial charge in [-0.3, -0.25) is 9.59 Å². The number of hydrogen-bond donors (Lipinski definition) is 3. The van der Waals surface area contributed by atoms with Crippen molar-refractivity contribution in [3.63, 3.8) is 0 Å². The molecule has 0 radical (unpaired) electrons. The molecule has 0 fully saturated rings. The summed E-state index contributed by atoms with van der Waals surface area (Å²) in [6.45, 7) is 4.91. The second-order valence-electron chi connectivity index (χ2n) is 27.4. The number of nitrogens with one attached hydrogen (secondary N) is 1. The first kappa shape index (κ1) is 85.8. The molecule has 0 saturated heterocycles. The number of aliphatic hydroxyl groups excluding tert-OH is 2. The zero-order chi connectivity index (χ0) is 63.5. The van der Waals surface area contributed by atoms with E-state index in [1.807, 2.05) is 6.08 Å². The number of hydrogen-bond acceptors (Lipinski definition) is 5. The molecule has 0 bridgehead atoms. The van der Waals surface area contributed by atoms with E-state index in [4.69, 9.17) is 4.74 Å². The van der Waals surface area contributed by atoms with Gasteiger partial charge >= 0.3 is 5.97 Å². The summed E-state index contributed by atoms with van der Waals surface area (Å²) in [5.41, 5.74) is 0. The lowest BCUT2D eigenvalue weighted by Gasteiger charge is -2.20. The van der Waals surface area contributed by atoms with Crippen molar-refractivity contribution < 1.29 is 24.5 Å². The van der Waals surface area contributed by atoms with Gasteiger partial charge < -0.3 is 20.3 Å². The number of carbonyl (C=O) groups is 2. The lowest BCUT2D eigenvalue weighted by atomic mass is 10.0. The molecule has 0 heterocycles. The fourth-order valence-electron chi connectivity index (χ4n) is 12.5. The summed E-state index contributed by atoms with van der Waals surface area (Å²) < 4.78 is 5.49. The minimum absolute atomic E-state index is 0.00632. The number of aliphatic hydroxyl groups is 2. The van der Waals surface area contributed by atoms with Crippen LogP contribution in [0, 0.1) is 0 Å². The Hall–Kier alpha value is -2.18. The normalized spacial score (nSPS) is 12.7. The Morgan fingerprint density at radius 2 is 0.568 bits per heavy atom. The maximum absolute atomic E-state index is 12.5. The largest absolute Gasteiger partial charge is 0.466 e. The second-order valence-corrected chi connectivity index (χ2v) is 27.4. The standard InChI is InChI=1S/C82H155NO5/c1-3-5-7-9-11-13-15-17-19-20-21-37-40-43-47-50-54-58-62-66-70-74-80(85)79(78-84)83-81(86)75-71-67-63-59-55-51-48-44-41-38-35-33-31-29-27-25-23-22-24-26-28-30-32-34-36-39-42-45-49-53-57-61-65-69-73-77-88-82(87)76-72-68-64-60-56-52-46-18-16-14-12-10-8-6-4-2/h12,14,18,24,26,46,70,74,79-80,84-85H,3-11,13,15-17,19-23,25,27-45,47-69,71-73,75-78H2,1-2H3,(H,83,86)/b14-12-,26-24-,46-18-,74-70+. The molecule has 0 aliphatic rings. The summed E-state index contributed by atoms with van der Waals surface area (Å²) in [7, 11) is 0. The quantitative estimate of drug-likeness (QED) is 0.0320. The van der Waals surface area contributed by atoms with Crippen LogP contribution in [0.15, 0.2) is 48.6 Å². The van der Waals surface area contributed by atoms with Crippen LogP contribution in [0.25, 0.3) is 0 Å². The average Bonchev–Trinajstić information content (AvgIpc) is 3.58. The summed E-state index contributed by atoms with van der Waals surface area (Å²) >= 11 is 0. The van der Waals surface area contributed by atoms with Gasteiger partial charge in [0.15, 0.2) is 0 Å². The van der Waals surface area contributed by atoms with Gasteiger partial charge in [0, 0.05) is 12.8 Å². The van der Waals surface area contributed by atoms with Crippen molar-refractivity contribution in [3.8, 4) is 0 Å². The lowest BCUT2D eigenvalue weighted by Crippen LogP contribution is -2.45. The minimum atomic E-state index is -0.844. The van der Waals surface area contributed by atoms with Gasteiger partial charge in [0.25, 0.3) is 0 Å². The molecule has 0 spiro atoms. The monoisotopic (exact) mass is 1230 g/mol. The maximum Gasteiger partial charge on any atom is 0.305 e. The molecule has 6 nitrogen and oxygen atoms in total. The van der Waals surface area contributed by atoms with Crippen LogP contribution in [0.4, 0.5) is 0 Å². The highest BCUT2D eigenvalue weighted by Gasteiger charge is 2.18. The van der Waals surface area contributed by atoms with Crippen molar-refractivity contribution in [2.45, 2.75) is 450 Å². The summed E-state index contributed by atoms with van der Waals surface area (Å²) in [6.07, 6.45) is 102. The van der Waals surface area contributed by atoms with Crippen molar-refractivity contribution >= 4 is 11.9 Å². The van der Waals surface area contributed by atoms with Crippen molar-refractivity contribution in [1.82, 2.24) is 5.32 Å². The van der Waals surface area contributed by atoms with Gasteiger partial charge in [-0.05, 0) is 89.9 Å². The Kier molecular flexibility index (Phi) is 75.4. The third-order valence-electron chi connectivity index (χ3n) is 18.6. The molecule has 88 heavy (non-hydrogen) atoms. The predicted octanol–water partition coefficient (Wildman–Crippen LogP) is 26.4. The first-order valence-electron chi connectivity index (χ1n) is 39.9. The van der Waals surface area contributed by atoms with Gasteiger partial charge in [0.05, 0.1) is 25.4 Å². The molecule has 0 saturated carbocycles. The molecule has 0 aromatic heterocycles. The molecule has 1 amide bonds. The Morgan fingerprint density at radius 3 is 0.898 bits per heavy atom. The Balaban J connectivity index is 3.37. The van der Waals surface area contributed by atoms with Gasteiger partial charge in [-0.1, -0.05) is 383 Å². The van der Waals surface area contributed by atoms with Gasteiger partial charge in [-0.2, -0.15) is 0 Å². The topological polar surface area (TPSA) is 95.9 Å². The van der Waals surface area contributed by atoms with E-state index in [-0.39, 0.29) is 18.5 Å². The van der Waals surface area contributed by atoms with E-state index >= 15 is 0 Å². The number of carbonyl (C=O) groups excluding carboxylic acids is 2. The van der Waals surface area contributed by atoms with Crippen LogP contribution in [0.2, 0.25) is 0 Å². The third-order valence-corrected chi connectivity index (χ3v) is 18.6. The highest BCUT2D eigenvalue weighted by atomic mass is 16.5. The van der Waals surface area contributed by atoms with Crippen molar-refractivity contribution in [3.05, 3.63) is 48.6 Å². The summed E-state index contributed by atoms with van der Waals surface area (Å²) in [5, 5.41) is 23.3.